The average Bonchev–Trinajstić information content (AvgIpc) is 3.18. The molecule has 10 heteroatoms. The first-order valence-corrected chi connectivity index (χ1v) is 12.3. The summed E-state index contributed by atoms with van der Waals surface area (Å²) in [6, 6.07) is 11.4. The van der Waals surface area contributed by atoms with E-state index in [4.69, 9.17) is 21.4 Å². The smallest absolute Gasteiger partial charge is 0.325 e. The van der Waals surface area contributed by atoms with E-state index in [-0.39, 0.29) is 16.5 Å². The second kappa shape index (κ2) is 9.17. The number of fused-ring (bicyclic) bond motifs is 1. The standard InChI is InChI=1S/C23H24ClN3O5S/c1-15-6-3-4-9-21(15)32-22-11-10-16(12-18(22)24)33(30,31)26(2)19-7-5-8-20-17(19)13-25-27(20)14-23(28)29/h3-4,6,9-13,19H,5,7-8,14H2,1-2H3,(H,28,29)/t19-/m1/s1. The molecule has 0 radical (unpaired) electrons. The van der Waals surface area contributed by atoms with Crippen molar-refractivity contribution < 1.29 is 23.1 Å². The summed E-state index contributed by atoms with van der Waals surface area (Å²) in [5, 5.41) is 13.5. The van der Waals surface area contributed by atoms with Crippen molar-refractivity contribution in [1.29, 1.82) is 0 Å². The highest BCUT2D eigenvalue weighted by atomic mass is 35.5. The van der Waals surface area contributed by atoms with Gasteiger partial charge in [0.05, 0.1) is 22.2 Å². The molecule has 8 nitrogen and oxygen atoms in total. The monoisotopic (exact) mass is 489 g/mol. The SMILES string of the molecule is Cc1ccccc1Oc1ccc(S(=O)(=O)N(C)[C@@H]2CCCc3c2cnn3CC(=O)O)cc1Cl. The van der Waals surface area contributed by atoms with Gasteiger partial charge in [-0.15, -0.1) is 0 Å². The van der Waals surface area contributed by atoms with Crippen molar-refractivity contribution in [3.8, 4) is 11.5 Å². The van der Waals surface area contributed by atoms with Crippen LogP contribution in [0.25, 0.3) is 0 Å². The van der Waals surface area contributed by atoms with Crippen LogP contribution in [-0.2, 0) is 27.8 Å². The Bertz CT molecular complexity index is 1310. The number of aromatic nitrogens is 2. The number of carboxylic acids is 1. The Labute approximate surface area is 197 Å². The van der Waals surface area contributed by atoms with E-state index in [0.29, 0.717) is 24.3 Å². The summed E-state index contributed by atoms with van der Waals surface area (Å²) in [5.74, 6) is 0.00866. The predicted octanol–water partition coefficient (Wildman–Crippen LogP) is 4.42. The number of para-hydroxylation sites is 1. The van der Waals surface area contributed by atoms with Gasteiger partial charge in [0.1, 0.15) is 18.0 Å². The number of carboxylic acid groups (broad SMARTS) is 1. The second-order valence-electron chi connectivity index (χ2n) is 7.99. The number of benzene rings is 2. The molecule has 0 saturated carbocycles. The second-order valence-corrected chi connectivity index (χ2v) is 10.4. The van der Waals surface area contributed by atoms with Gasteiger partial charge >= 0.3 is 5.97 Å². The van der Waals surface area contributed by atoms with Crippen LogP contribution in [0.1, 0.15) is 35.7 Å². The van der Waals surface area contributed by atoms with Gasteiger partial charge in [-0.1, -0.05) is 29.8 Å². The molecule has 4 rings (SSSR count). The summed E-state index contributed by atoms with van der Waals surface area (Å²) in [7, 11) is -2.35. The van der Waals surface area contributed by atoms with Gasteiger partial charge in [0.15, 0.2) is 0 Å². The lowest BCUT2D eigenvalue weighted by Gasteiger charge is -2.31. The Kier molecular flexibility index (Phi) is 6.47. The molecule has 0 spiro atoms. The lowest BCUT2D eigenvalue weighted by molar-refractivity contribution is -0.137. The average molecular weight is 490 g/mol. The van der Waals surface area contributed by atoms with E-state index in [0.717, 1.165) is 23.2 Å². The molecule has 1 aliphatic rings. The fraction of sp³-hybridized carbons (Fsp3) is 0.304. The number of hydrogen-bond donors (Lipinski definition) is 1. The van der Waals surface area contributed by atoms with Crippen LogP contribution >= 0.6 is 11.6 Å². The molecule has 1 atom stereocenters. The zero-order valence-corrected chi connectivity index (χ0v) is 19.8. The molecular formula is C23H24ClN3O5S. The van der Waals surface area contributed by atoms with Crippen molar-refractivity contribution in [3.63, 3.8) is 0 Å². The summed E-state index contributed by atoms with van der Waals surface area (Å²) in [5.41, 5.74) is 2.43. The maximum Gasteiger partial charge on any atom is 0.325 e. The topological polar surface area (TPSA) is 102 Å². The van der Waals surface area contributed by atoms with Crippen LogP contribution in [0, 0.1) is 6.92 Å². The fourth-order valence-corrected chi connectivity index (χ4v) is 5.76. The van der Waals surface area contributed by atoms with E-state index in [1.807, 2.05) is 31.2 Å². The molecule has 2 aromatic carbocycles. The Hall–Kier alpha value is -2.88. The summed E-state index contributed by atoms with van der Waals surface area (Å²) in [6.07, 6.45) is 3.57. The number of hydrogen-bond acceptors (Lipinski definition) is 5. The Morgan fingerprint density at radius 3 is 2.73 bits per heavy atom. The molecule has 0 amide bonds. The molecule has 0 unspecified atom stereocenters. The van der Waals surface area contributed by atoms with E-state index in [2.05, 4.69) is 5.10 Å². The van der Waals surface area contributed by atoms with Crippen LogP contribution in [0.2, 0.25) is 5.02 Å². The molecule has 0 bridgehead atoms. The van der Waals surface area contributed by atoms with E-state index in [9.17, 15) is 13.2 Å². The Balaban J connectivity index is 1.60. The molecule has 1 heterocycles. The summed E-state index contributed by atoms with van der Waals surface area (Å²) < 4.78 is 35.4. The molecule has 3 aromatic rings. The number of halogens is 1. The van der Waals surface area contributed by atoms with Crippen molar-refractivity contribution in [2.75, 3.05) is 7.05 Å². The van der Waals surface area contributed by atoms with Gasteiger partial charge in [0.25, 0.3) is 0 Å². The molecule has 1 N–H and O–H groups in total. The third-order valence-corrected chi connectivity index (χ3v) is 8.01. The molecular weight excluding hydrogens is 466 g/mol. The first-order valence-electron chi connectivity index (χ1n) is 10.5. The minimum Gasteiger partial charge on any atom is -0.480 e. The Morgan fingerprint density at radius 1 is 1.27 bits per heavy atom. The lowest BCUT2D eigenvalue weighted by Crippen LogP contribution is -2.33. The number of aliphatic carboxylic acids is 1. The zero-order valence-electron chi connectivity index (χ0n) is 18.2. The number of aryl methyl sites for hydroxylation is 1. The molecule has 0 aliphatic heterocycles. The van der Waals surface area contributed by atoms with Gasteiger partial charge in [0.2, 0.25) is 10.0 Å². The van der Waals surface area contributed by atoms with Crippen molar-refractivity contribution in [2.45, 2.75) is 43.7 Å². The molecule has 1 aromatic heterocycles. The molecule has 33 heavy (non-hydrogen) atoms. The largest absolute Gasteiger partial charge is 0.480 e. The first-order chi connectivity index (χ1) is 15.7. The predicted molar refractivity (Wildman–Crippen MR) is 123 cm³/mol. The van der Waals surface area contributed by atoms with Gasteiger partial charge < -0.3 is 9.84 Å². The number of nitrogens with zero attached hydrogens (tertiary/aromatic N) is 3. The molecule has 1 aliphatic carbocycles. The van der Waals surface area contributed by atoms with E-state index < -0.39 is 22.0 Å². The van der Waals surface area contributed by atoms with Crippen molar-refractivity contribution in [1.82, 2.24) is 14.1 Å². The zero-order chi connectivity index (χ0) is 23.8. The normalized spacial score (nSPS) is 15.9. The number of ether oxygens (including phenoxy) is 1. The minimum atomic E-state index is -3.88. The highest BCUT2D eigenvalue weighted by molar-refractivity contribution is 7.89. The van der Waals surface area contributed by atoms with Crippen molar-refractivity contribution >= 4 is 27.6 Å². The van der Waals surface area contributed by atoms with Crippen LogP contribution < -0.4 is 4.74 Å². The van der Waals surface area contributed by atoms with Crippen LogP contribution in [0.3, 0.4) is 0 Å². The number of sulfonamides is 1. The summed E-state index contributed by atoms with van der Waals surface area (Å²) in [4.78, 5) is 11.2. The molecule has 174 valence electrons. The number of carbonyl (C=O) groups is 1. The van der Waals surface area contributed by atoms with Gasteiger partial charge in [-0.3, -0.25) is 9.48 Å². The summed E-state index contributed by atoms with van der Waals surface area (Å²) in [6.45, 7) is 1.66. The van der Waals surface area contributed by atoms with Gasteiger partial charge in [-0.05, 0) is 56.0 Å². The lowest BCUT2D eigenvalue weighted by atomic mass is 9.93. The van der Waals surface area contributed by atoms with Gasteiger partial charge in [0, 0.05) is 18.3 Å². The third-order valence-electron chi connectivity index (χ3n) is 5.85. The van der Waals surface area contributed by atoms with Crippen LogP contribution in [0.4, 0.5) is 0 Å². The highest BCUT2D eigenvalue weighted by Gasteiger charge is 2.34. The van der Waals surface area contributed by atoms with Gasteiger partial charge in [-0.25, -0.2) is 8.42 Å². The van der Waals surface area contributed by atoms with Crippen molar-refractivity contribution in [2.24, 2.45) is 0 Å². The fourth-order valence-electron chi connectivity index (χ4n) is 4.09. The maximum atomic E-state index is 13.4. The Morgan fingerprint density at radius 2 is 2.03 bits per heavy atom. The van der Waals surface area contributed by atoms with E-state index in [1.54, 1.807) is 12.3 Å². The third kappa shape index (κ3) is 4.62. The van der Waals surface area contributed by atoms with Crippen LogP contribution in [0.5, 0.6) is 11.5 Å². The minimum absolute atomic E-state index is 0.0529. The molecule has 0 saturated heterocycles. The van der Waals surface area contributed by atoms with E-state index in [1.165, 1.54) is 28.2 Å². The van der Waals surface area contributed by atoms with Crippen LogP contribution in [0.15, 0.2) is 53.6 Å². The molecule has 0 fully saturated rings. The van der Waals surface area contributed by atoms with Gasteiger partial charge in [-0.2, -0.15) is 9.40 Å². The summed E-state index contributed by atoms with van der Waals surface area (Å²) >= 11 is 6.38. The van der Waals surface area contributed by atoms with Crippen molar-refractivity contribution in [3.05, 3.63) is 70.5 Å². The first kappa shape index (κ1) is 23.3. The highest BCUT2D eigenvalue weighted by Crippen LogP contribution is 2.38. The van der Waals surface area contributed by atoms with E-state index >= 15 is 0 Å². The van der Waals surface area contributed by atoms with Crippen LogP contribution in [-0.4, -0.2) is 40.6 Å². The quantitative estimate of drug-likeness (QED) is 0.527. The number of rotatable bonds is 7. The maximum absolute atomic E-state index is 13.4.